The quantitative estimate of drug-likeness (QED) is 0.903. The van der Waals surface area contributed by atoms with Crippen LogP contribution >= 0.6 is 11.6 Å². The Kier molecular flexibility index (Phi) is 3.88. The maximum atomic E-state index is 13.6. The molecule has 0 radical (unpaired) electrons. The van der Waals surface area contributed by atoms with Gasteiger partial charge < -0.3 is 5.73 Å². The summed E-state index contributed by atoms with van der Waals surface area (Å²) in [6, 6.07) is 10.7. The molecule has 0 amide bonds. The summed E-state index contributed by atoms with van der Waals surface area (Å²) >= 11 is 5.81. The first kappa shape index (κ1) is 14.0. The Labute approximate surface area is 116 Å². The van der Waals surface area contributed by atoms with E-state index in [2.05, 4.69) is 0 Å². The van der Waals surface area contributed by atoms with Crippen LogP contribution in [0.15, 0.2) is 42.5 Å². The Morgan fingerprint density at radius 2 is 1.58 bits per heavy atom. The highest BCUT2D eigenvalue weighted by Crippen LogP contribution is 2.26. The third-order valence-corrected chi connectivity index (χ3v) is 3.36. The molecule has 0 saturated heterocycles. The van der Waals surface area contributed by atoms with E-state index in [1.165, 1.54) is 18.2 Å². The van der Waals surface area contributed by atoms with E-state index in [0.717, 1.165) is 5.56 Å². The summed E-state index contributed by atoms with van der Waals surface area (Å²) in [4.78, 5) is 0. The summed E-state index contributed by atoms with van der Waals surface area (Å²) in [6.45, 7) is 1.74. The summed E-state index contributed by atoms with van der Waals surface area (Å²) in [7, 11) is 0. The Balaban J connectivity index is 2.33. The highest BCUT2D eigenvalue weighted by Gasteiger charge is 2.25. The largest absolute Gasteiger partial charge is 0.321 e. The van der Waals surface area contributed by atoms with E-state index < -0.39 is 17.2 Å². The lowest BCUT2D eigenvalue weighted by Crippen LogP contribution is -2.36. The molecule has 0 aliphatic carbocycles. The van der Waals surface area contributed by atoms with Gasteiger partial charge in [0.1, 0.15) is 11.6 Å². The summed E-state index contributed by atoms with van der Waals surface area (Å²) in [5.41, 5.74) is 6.09. The van der Waals surface area contributed by atoms with Crippen LogP contribution in [-0.2, 0) is 12.0 Å². The molecule has 19 heavy (non-hydrogen) atoms. The van der Waals surface area contributed by atoms with Crippen LogP contribution in [0.1, 0.15) is 18.1 Å². The lowest BCUT2D eigenvalue weighted by Gasteiger charge is -2.26. The summed E-state index contributed by atoms with van der Waals surface area (Å²) in [6.07, 6.45) is 0.0765. The molecular weight excluding hydrogens is 268 g/mol. The van der Waals surface area contributed by atoms with Crippen LogP contribution in [0.3, 0.4) is 0 Å². The van der Waals surface area contributed by atoms with Gasteiger partial charge in [0.2, 0.25) is 0 Å². The van der Waals surface area contributed by atoms with Crippen molar-refractivity contribution in [2.75, 3.05) is 0 Å². The fourth-order valence-electron chi connectivity index (χ4n) is 2.00. The van der Waals surface area contributed by atoms with Gasteiger partial charge in [-0.3, -0.25) is 0 Å². The van der Waals surface area contributed by atoms with Gasteiger partial charge in [0.15, 0.2) is 0 Å². The molecule has 1 nitrogen and oxygen atoms in total. The van der Waals surface area contributed by atoms with E-state index in [1.54, 1.807) is 31.2 Å². The Morgan fingerprint density at radius 1 is 1.05 bits per heavy atom. The van der Waals surface area contributed by atoms with Gasteiger partial charge in [-0.2, -0.15) is 0 Å². The van der Waals surface area contributed by atoms with Gasteiger partial charge in [-0.05, 0) is 36.8 Å². The van der Waals surface area contributed by atoms with Crippen molar-refractivity contribution >= 4 is 11.6 Å². The minimum atomic E-state index is -0.867. The fourth-order valence-corrected chi connectivity index (χ4v) is 2.13. The monoisotopic (exact) mass is 281 g/mol. The molecule has 1 unspecified atom stereocenters. The Hall–Kier alpha value is -1.45. The van der Waals surface area contributed by atoms with Crippen molar-refractivity contribution in [2.45, 2.75) is 18.9 Å². The molecule has 4 heteroatoms. The van der Waals surface area contributed by atoms with E-state index in [-0.39, 0.29) is 12.0 Å². The number of hydrogen-bond acceptors (Lipinski definition) is 1. The molecule has 0 saturated carbocycles. The van der Waals surface area contributed by atoms with E-state index in [4.69, 9.17) is 17.3 Å². The highest BCUT2D eigenvalue weighted by molar-refractivity contribution is 6.30. The Morgan fingerprint density at radius 3 is 2.11 bits per heavy atom. The second-order valence-electron chi connectivity index (χ2n) is 4.80. The average molecular weight is 282 g/mol. The zero-order valence-electron chi connectivity index (χ0n) is 10.5. The fraction of sp³-hybridized carbons (Fsp3) is 0.200. The maximum absolute atomic E-state index is 13.6. The van der Waals surface area contributed by atoms with Crippen LogP contribution < -0.4 is 5.73 Å². The number of halogens is 3. The first-order valence-corrected chi connectivity index (χ1v) is 6.26. The van der Waals surface area contributed by atoms with E-state index in [1.807, 2.05) is 0 Å². The molecule has 2 aromatic rings. The third-order valence-electron chi connectivity index (χ3n) is 3.11. The first-order chi connectivity index (χ1) is 8.90. The molecular formula is C15H14ClF2N. The number of benzene rings is 2. The lowest BCUT2D eigenvalue weighted by molar-refractivity contribution is 0.455. The van der Waals surface area contributed by atoms with Crippen molar-refractivity contribution in [3.8, 4) is 0 Å². The highest BCUT2D eigenvalue weighted by atomic mass is 35.5. The summed E-state index contributed by atoms with van der Waals surface area (Å²) in [5, 5.41) is 0.594. The SMILES string of the molecule is CC(N)(Cc1c(F)cccc1F)c1ccc(Cl)cc1. The molecule has 0 spiro atoms. The van der Waals surface area contributed by atoms with Crippen LogP contribution in [0.25, 0.3) is 0 Å². The molecule has 2 rings (SSSR count). The van der Waals surface area contributed by atoms with Crippen molar-refractivity contribution in [2.24, 2.45) is 5.73 Å². The molecule has 0 aromatic heterocycles. The zero-order chi connectivity index (χ0) is 14.0. The van der Waals surface area contributed by atoms with Gasteiger partial charge in [-0.15, -0.1) is 0 Å². The number of nitrogens with two attached hydrogens (primary N) is 1. The van der Waals surface area contributed by atoms with Crippen molar-refractivity contribution in [3.05, 3.63) is 70.2 Å². The smallest absolute Gasteiger partial charge is 0.129 e. The van der Waals surface area contributed by atoms with Crippen LogP contribution in [-0.4, -0.2) is 0 Å². The minimum absolute atomic E-state index is 0.00227. The number of rotatable bonds is 3. The maximum Gasteiger partial charge on any atom is 0.129 e. The number of hydrogen-bond donors (Lipinski definition) is 1. The van der Waals surface area contributed by atoms with Gasteiger partial charge in [0.25, 0.3) is 0 Å². The lowest BCUT2D eigenvalue weighted by atomic mass is 9.86. The summed E-state index contributed by atoms with van der Waals surface area (Å²) in [5.74, 6) is -1.16. The second kappa shape index (κ2) is 5.27. The molecule has 2 aromatic carbocycles. The predicted octanol–water partition coefficient (Wildman–Crippen LogP) is 4.03. The summed E-state index contributed by atoms with van der Waals surface area (Å²) < 4.78 is 27.3. The zero-order valence-corrected chi connectivity index (χ0v) is 11.2. The minimum Gasteiger partial charge on any atom is -0.321 e. The van der Waals surface area contributed by atoms with Crippen LogP contribution in [0.4, 0.5) is 8.78 Å². The Bertz CT molecular complexity index is 559. The molecule has 100 valence electrons. The topological polar surface area (TPSA) is 26.0 Å². The van der Waals surface area contributed by atoms with E-state index in [9.17, 15) is 8.78 Å². The van der Waals surface area contributed by atoms with Crippen LogP contribution in [0.2, 0.25) is 5.02 Å². The van der Waals surface area contributed by atoms with Gasteiger partial charge in [-0.1, -0.05) is 29.8 Å². The molecule has 2 N–H and O–H groups in total. The average Bonchev–Trinajstić information content (AvgIpc) is 2.35. The molecule has 0 aliphatic rings. The normalized spacial score (nSPS) is 14.2. The molecule has 0 bridgehead atoms. The van der Waals surface area contributed by atoms with E-state index >= 15 is 0 Å². The third kappa shape index (κ3) is 3.11. The van der Waals surface area contributed by atoms with Crippen LogP contribution in [0, 0.1) is 11.6 Å². The van der Waals surface area contributed by atoms with Crippen molar-refractivity contribution in [1.82, 2.24) is 0 Å². The van der Waals surface area contributed by atoms with Gasteiger partial charge >= 0.3 is 0 Å². The van der Waals surface area contributed by atoms with E-state index in [0.29, 0.717) is 5.02 Å². The van der Waals surface area contributed by atoms with Gasteiger partial charge in [0, 0.05) is 22.5 Å². The van der Waals surface area contributed by atoms with Crippen molar-refractivity contribution in [3.63, 3.8) is 0 Å². The van der Waals surface area contributed by atoms with Crippen LogP contribution in [0.5, 0.6) is 0 Å². The van der Waals surface area contributed by atoms with Crippen molar-refractivity contribution < 1.29 is 8.78 Å². The molecule has 0 heterocycles. The molecule has 1 atom stereocenters. The predicted molar refractivity (Wildman–Crippen MR) is 73.1 cm³/mol. The van der Waals surface area contributed by atoms with Gasteiger partial charge in [-0.25, -0.2) is 8.78 Å². The standard InChI is InChI=1S/C15H14ClF2N/c1-15(19,10-5-7-11(16)8-6-10)9-12-13(17)3-2-4-14(12)18/h2-8H,9,19H2,1H3. The molecule has 0 aliphatic heterocycles. The molecule has 0 fully saturated rings. The first-order valence-electron chi connectivity index (χ1n) is 5.88. The van der Waals surface area contributed by atoms with Crippen molar-refractivity contribution in [1.29, 1.82) is 0 Å². The second-order valence-corrected chi connectivity index (χ2v) is 5.24. The van der Waals surface area contributed by atoms with Gasteiger partial charge in [0.05, 0.1) is 0 Å².